The van der Waals surface area contributed by atoms with Crippen LogP contribution in [0.4, 0.5) is 13.2 Å². The van der Waals surface area contributed by atoms with Gasteiger partial charge in [0.2, 0.25) is 0 Å². The molecule has 98 heavy (non-hydrogen) atoms. The van der Waals surface area contributed by atoms with Crippen molar-refractivity contribution in [1.82, 2.24) is 88.6 Å². The first kappa shape index (κ1) is 67.0. The number of carbonyl (C=O) groups is 4. The number of aromatic nitrogens is 18. The lowest BCUT2D eigenvalue weighted by atomic mass is 9.91. The molecule has 0 aliphatic carbocycles. The molecule has 22 nitrogen and oxygen atoms in total. The molecule has 12 aromatic rings. The van der Waals surface area contributed by atoms with Gasteiger partial charge in [0.05, 0.1) is 61.6 Å². The first-order chi connectivity index (χ1) is 47.2. The number of benzene rings is 3. The minimum absolute atomic E-state index is 0.00593. The minimum atomic E-state index is -2.78. The number of fused-ring (bicyclic) bond motifs is 3. The highest BCUT2D eigenvalue weighted by Crippen LogP contribution is 2.40. The summed E-state index contributed by atoms with van der Waals surface area (Å²) >= 11 is 9.83. The predicted molar refractivity (Wildman–Crippen MR) is 366 cm³/mol. The third-order valence-corrected chi connectivity index (χ3v) is 20.9. The van der Waals surface area contributed by atoms with Crippen molar-refractivity contribution in [3.05, 3.63) is 174 Å². The van der Waals surface area contributed by atoms with Crippen molar-refractivity contribution in [3.8, 4) is 67.2 Å². The molecule has 12 heterocycles. The van der Waals surface area contributed by atoms with Crippen molar-refractivity contribution < 1.29 is 32.3 Å². The minimum Gasteiger partial charge on any atom is -0.294 e. The molecule has 29 heteroatoms. The van der Waals surface area contributed by atoms with E-state index in [1.165, 1.54) is 41.3 Å². The van der Waals surface area contributed by atoms with Gasteiger partial charge in [0, 0.05) is 108 Å². The predicted octanol–water partition coefficient (Wildman–Crippen LogP) is 13.8. The summed E-state index contributed by atoms with van der Waals surface area (Å²) in [4.78, 5) is 80.9. The quantitative estimate of drug-likeness (QED) is 0.0768. The number of ketones is 4. The van der Waals surface area contributed by atoms with Crippen molar-refractivity contribution in [2.45, 2.75) is 112 Å². The topological polar surface area (TPSA) is 253 Å². The maximum atomic E-state index is 13.4. The van der Waals surface area contributed by atoms with Crippen LogP contribution in [-0.2, 0) is 60.0 Å². The first-order valence-electron chi connectivity index (χ1n) is 31.9. The molecule has 0 fully saturated rings. The van der Waals surface area contributed by atoms with Crippen molar-refractivity contribution in [2.24, 2.45) is 38.9 Å². The van der Waals surface area contributed by atoms with E-state index >= 15 is 0 Å². The molecular weight excluding hydrogens is 1330 g/mol. The molecule has 3 aliphatic heterocycles. The molecule has 0 bridgehead atoms. The van der Waals surface area contributed by atoms with E-state index in [-0.39, 0.29) is 56.0 Å². The maximum absolute atomic E-state index is 13.4. The van der Waals surface area contributed by atoms with Gasteiger partial charge in [-0.15, -0.1) is 34.0 Å². The van der Waals surface area contributed by atoms with Crippen LogP contribution in [0, 0.1) is 44.3 Å². The fourth-order valence-electron chi connectivity index (χ4n) is 12.8. The number of aryl methyl sites for hydroxylation is 9. The Hall–Kier alpha value is -9.64. The lowest BCUT2D eigenvalue weighted by molar-refractivity contribution is 0.0935. The van der Waals surface area contributed by atoms with E-state index < -0.39 is 12.1 Å². The highest BCUT2D eigenvalue weighted by Gasteiger charge is 2.33. The molecule has 3 atom stereocenters. The van der Waals surface area contributed by atoms with E-state index in [1.807, 2.05) is 95.5 Å². The summed E-state index contributed by atoms with van der Waals surface area (Å²) in [6.07, 6.45) is 7.70. The van der Waals surface area contributed by atoms with Crippen LogP contribution in [0.2, 0.25) is 4.34 Å². The Kier molecular flexibility index (Phi) is 19.4. The molecule has 502 valence electrons. The molecule has 3 unspecified atom stereocenters. The molecule has 9 aromatic heterocycles. The van der Waals surface area contributed by atoms with Gasteiger partial charge in [-0.25, -0.2) is 57.1 Å². The van der Waals surface area contributed by atoms with Crippen LogP contribution in [0.25, 0.3) is 67.2 Å². The van der Waals surface area contributed by atoms with E-state index in [0.29, 0.717) is 102 Å². The van der Waals surface area contributed by atoms with Gasteiger partial charge >= 0.3 is 0 Å². The number of halogens is 4. The Balaban J connectivity index is 0.000000132. The van der Waals surface area contributed by atoms with Crippen molar-refractivity contribution in [1.29, 1.82) is 0 Å². The molecular formula is C69H66ClF3N18O4S3. The number of hydrogen-bond donors (Lipinski definition) is 0. The Morgan fingerprint density at radius 1 is 0.520 bits per heavy atom. The summed E-state index contributed by atoms with van der Waals surface area (Å²) < 4.78 is 49.9. The number of Topliss-reactive ketones (excluding diaryl/α,β-unsaturated/α-hetero) is 4. The van der Waals surface area contributed by atoms with Crippen LogP contribution in [0.15, 0.2) is 104 Å². The molecule has 0 spiro atoms. The summed E-state index contributed by atoms with van der Waals surface area (Å²) in [5.74, 6) is 4.71. The fourth-order valence-corrected chi connectivity index (χ4v) is 15.7. The normalized spacial score (nSPS) is 15.6. The van der Waals surface area contributed by atoms with Crippen LogP contribution in [0.5, 0.6) is 0 Å². The monoisotopic (exact) mass is 1400 g/mol. The first-order valence-corrected chi connectivity index (χ1v) is 34.7. The third-order valence-electron chi connectivity index (χ3n) is 17.6. The van der Waals surface area contributed by atoms with Crippen LogP contribution in [0.1, 0.15) is 131 Å². The Labute approximate surface area is 577 Å². The van der Waals surface area contributed by atoms with Crippen LogP contribution in [0.3, 0.4) is 0 Å². The summed E-state index contributed by atoms with van der Waals surface area (Å²) in [6, 6.07) is 25.9. The zero-order valence-electron chi connectivity index (χ0n) is 54.5. The average Bonchev–Trinajstić information content (AvgIpc) is 1.70. The number of rotatable bonds is 17. The Morgan fingerprint density at radius 2 is 0.918 bits per heavy atom. The molecule has 15 rings (SSSR count). The fraction of sp³-hybridized carbons (Fsp3) is 0.333. The second-order valence-electron chi connectivity index (χ2n) is 24.6. The number of thiazole rings is 3. The number of alkyl halides is 2. The van der Waals surface area contributed by atoms with Crippen molar-refractivity contribution in [2.75, 3.05) is 0 Å². The van der Waals surface area contributed by atoms with E-state index in [4.69, 9.17) is 16.6 Å². The number of nitrogens with zero attached hydrogens (tertiary/aromatic N) is 18. The lowest BCUT2D eigenvalue weighted by Gasteiger charge is -2.21. The lowest BCUT2D eigenvalue weighted by Crippen LogP contribution is -2.23. The van der Waals surface area contributed by atoms with E-state index in [2.05, 4.69) is 55.5 Å². The molecule has 0 N–H and O–H groups in total. The molecule has 3 aromatic carbocycles. The third kappa shape index (κ3) is 14.2. The number of hydrogen-bond acceptors (Lipinski definition) is 19. The molecule has 3 aliphatic rings. The summed E-state index contributed by atoms with van der Waals surface area (Å²) in [5, 5.41) is 28.7. The zero-order valence-corrected chi connectivity index (χ0v) is 57.7. The van der Waals surface area contributed by atoms with E-state index in [1.54, 1.807) is 66.4 Å². The van der Waals surface area contributed by atoms with E-state index in [9.17, 15) is 32.3 Å². The highest BCUT2D eigenvalue weighted by molar-refractivity contribution is 7.19. The maximum Gasteiger partial charge on any atom is 0.282 e. The molecule has 0 saturated carbocycles. The van der Waals surface area contributed by atoms with E-state index in [0.717, 1.165) is 103 Å². The van der Waals surface area contributed by atoms with Gasteiger partial charge < -0.3 is 0 Å². The summed E-state index contributed by atoms with van der Waals surface area (Å²) in [6.45, 7) is 9.52. The van der Waals surface area contributed by atoms with Gasteiger partial charge in [-0.1, -0.05) is 72.3 Å². The highest BCUT2D eigenvalue weighted by atomic mass is 35.5. The van der Waals surface area contributed by atoms with Crippen molar-refractivity contribution in [3.63, 3.8) is 0 Å². The van der Waals surface area contributed by atoms with Crippen molar-refractivity contribution >= 4 is 68.7 Å². The number of carbonyl (C=O) groups excluding carboxylic acids is 4. The van der Waals surface area contributed by atoms with Gasteiger partial charge in [0.25, 0.3) is 6.43 Å². The largest absolute Gasteiger partial charge is 0.294 e. The molecule has 0 amide bonds. The Bertz CT molecular complexity index is 4940. The SMILES string of the molecule is CC(=O)c1sc(C)nc1-c1cnn(C)c1C(=O)CC1CCn2nc(-c3ccccc3)nc2C1.Cc1nc(-c2cnn(C)c2C(=O)CC2CCn3nc(-c4ccc(F)cc4)nc3C2)c(C)s1.Cn1ncc(-c2nc(C(F)F)c(Cl)s2)c1C(=O)CC1CCn2nc(-c3ccccc3)nc2C1. The van der Waals surface area contributed by atoms with Crippen LogP contribution in [-0.4, -0.2) is 112 Å². The van der Waals surface area contributed by atoms with Gasteiger partial charge in [-0.3, -0.25) is 33.2 Å². The van der Waals surface area contributed by atoms with Gasteiger partial charge in [-0.05, 0) is 82.1 Å². The van der Waals surface area contributed by atoms with Crippen LogP contribution < -0.4 is 0 Å². The van der Waals surface area contributed by atoms with Crippen LogP contribution >= 0.6 is 45.6 Å². The smallest absolute Gasteiger partial charge is 0.282 e. The molecule has 0 radical (unpaired) electrons. The average molecular weight is 1400 g/mol. The van der Waals surface area contributed by atoms with Gasteiger partial charge in [0.15, 0.2) is 40.6 Å². The van der Waals surface area contributed by atoms with Gasteiger partial charge in [-0.2, -0.15) is 30.6 Å². The summed E-state index contributed by atoms with van der Waals surface area (Å²) in [7, 11) is 5.22. The second kappa shape index (κ2) is 28.4. The Morgan fingerprint density at radius 3 is 1.33 bits per heavy atom. The van der Waals surface area contributed by atoms with Gasteiger partial charge in [0.1, 0.15) is 55.4 Å². The molecule has 0 saturated heterocycles. The summed E-state index contributed by atoms with van der Waals surface area (Å²) in [5.41, 5.74) is 6.97. The standard InChI is InChI=1S/C24H24N6O2S.C23H23FN6OS.C22H19ClF2N6OS/c1-14(31)23-21(26-15(2)33-23)18-13-25-29(3)22(18)19(32)11-16-9-10-30-20(12-16)27-24(28-30)17-7-5-4-6-8-17;1-13-21(26-14(2)32-13)18-12-25-29(3)22(18)19(31)10-15-8-9-30-20(11-15)27-23(28-30)16-4-6-17(24)7-5-16;1-30-18(14(11-26-30)22-28-17(20(24)25)19(23)33-22)15(32)9-12-7-8-31-16(10-12)27-21(29-31)13-5-3-2-4-6-13/h4-8,13,16H,9-12H2,1-3H3;4-7,12,15H,8-11H2,1-3H3;2-6,11-12,20H,7-10H2,1H3. The second-order valence-corrected chi connectivity index (χ2v) is 28.8. The zero-order chi connectivity index (χ0) is 68.6.